The van der Waals surface area contributed by atoms with Crippen molar-refractivity contribution in [2.24, 2.45) is 0 Å². The van der Waals surface area contributed by atoms with Gasteiger partial charge >= 0.3 is 0 Å². The van der Waals surface area contributed by atoms with E-state index >= 15 is 0 Å². The van der Waals surface area contributed by atoms with Crippen molar-refractivity contribution < 1.29 is 9.72 Å². The Balaban J connectivity index is 2.40. The quantitative estimate of drug-likeness (QED) is 0.530. The van der Waals surface area contributed by atoms with E-state index in [4.69, 9.17) is 11.6 Å². The van der Waals surface area contributed by atoms with Crippen molar-refractivity contribution in [1.82, 2.24) is 0 Å². The standard InChI is InChI=1S/C17H16BrClN2O3/c1-3-10-7-13(18)8-11(4-2)16(10)20-17(22)12-5-6-14(19)15(9-12)21(23)24/h5-9H,3-4H2,1-2H3,(H,20,22). The number of aryl methyl sites for hydroxylation is 2. The third kappa shape index (κ3) is 3.94. The van der Waals surface area contributed by atoms with Crippen molar-refractivity contribution >= 4 is 44.8 Å². The SMILES string of the molecule is CCc1cc(Br)cc(CC)c1NC(=O)c1ccc(Cl)c([N+](=O)[O-])c1. The summed E-state index contributed by atoms with van der Waals surface area (Å²) in [6.45, 7) is 4.01. The van der Waals surface area contributed by atoms with E-state index in [2.05, 4.69) is 21.2 Å². The number of nitro benzene ring substituents is 1. The highest BCUT2D eigenvalue weighted by molar-refractivity contribution is 9.10. The summed E-state index contributed by atoms with van der Waals surface area (Å²) in [5, 5.41) is 13.9. The second-order valence-electron chi connectivity index (χ2n) is 5.18. The molecule has 0 aromatic heterocycles. The predicted molar refractivity (Wildman–Crippen MR) is 99.0 cm³/mol. The van der Waals surface area contributed by atoms with E-state index in [9.17, 15) is 14.9 Å². The first kappa shape index (κ1) is 18.4. The topological polar surface area (TPSA) is 72.2 Å². The zero-order chi connectivity index (χ0) is 17.9. The lowest BCUT2D eigenvalue weighted by Crippen LogP contribution is -2.15. The molecular formula is C17H16BrClN2O3. The molecule has 2 rings (SSSR count). The molecule has 5 nitrogen and oxygen atoms in total. The molecule has 2 aromatic carbocycles. The van der Waals surface area contributed by atoms with Crippen LogP contribution >= 0.6 is 27.5 Å². The summed E-state index contributed by atoms with van der Waals surface area (Å²) in [5.41, 5.74) is 2.66. The highest BCUT2D eigenvalue weighted by Gasteiger charge is 2.18. The first-order valence-electron chi connectivity index (χ1n) is 7.43. The largest absolute Gasteiger partial charge is 0.321 e. The molecule has 1 amide bonds. The molecule has 0 saturated carbocycles. The number of halogens is 2. The molecular weight excluding hydrogens is 396 g/mol. The fourth-order valence-corrected chi connectivity index (χ4v) is 3.16. The molecule has 0 aliphatic heterocycles. The molecule has 2 aromatic rings. The van der Waals surface area contributed by atoms with Gasteiger partial charge in [0.2, 0.25) is 0 Å². The number of benzene rings is 2. The number of nitro groups is 1. The van der Waals surface area contributed by atoms with Gasteiger partial charge in [0.05, 0.1) is 4.92 Å². The molecule has 0 spiro atoms. The minimum atomic E-state index is -0.603. The minimum absolute atomic E-state index is 0.00341. The van der Waals surface area contributed by atoms with Crippen molar-refractivity contribution in [3.05, 3.63) is 66.6 Å². The number of nitrogens with zero attached hydrogens (tertiary/aromatic N) is 1. The maximum Gasteiger partial charge on any atom is 0.288 e. The van der Waals surface area contributed by atoms with Crippen LogP contribution in [0, 0.1) is 10.1 Å². The molecule has 0 unspecified atom stereocenters. The van der Waals surface area contributed by atoms with E-state index in [1.54, 1.807) is 0 Å². The minimum Gasteiger partial charge on any atom is -0.321 e. The Morgan fingerprint density at radius 1 is 1.21 bits per heavy atom. The van der Waals surface area contributed by atoms with Crippen LogP contribution in [0.2, 0.25) is 5.02 Å². The molecule has 7 heteroatoms. The van der Waals surface area contributed by atoms with Gasteiger partial charge in [-0.25, -0.2) is 0 Å². The Kier molecular flexibility index (Phi) is 5.96. The maximum absolute atomic E-state index is 12.5. The third-order valence-electron chi connectivity index (χ3n) is 3.67. The van der Waals surface area contributed by atoms with Gasteiger partial charge in [0.25, 0.3) is 11.6 Å². The summed E-state index contributed by atoms with van der Waals surface area (Å²) in [7, 11) is 0. The third-order valence-corrected chi connectivity index (χ3v) is 4.45. The maximum atomic E-state index is 12.5. The lowest BCUT2D eigenvalue weighted by Gasteiger charge is -2.15. The van der Waals surface area contributed by atoms with Crippen LogP contribution in [-0.2, 0) is 12.8 Å². The van der Waals surface area contributed by atoms with Crippen LogP contribution in [0.4, 0.5) is 11.4 Å². The van der Waals surface area contributed by atoms with Crippen LogP contribution in [-0.4, -0.2) is 10.8 Å². The van der Waals surface area contributed by atoms with Crippen molar-refractivity contribution in [3.63, 3.8) is 0 Å². The van der Waals surface area contributed by atoms with Crippen LogP contribution < -0.4 is 5.32 Å². The first-order chi connectivity index (χ1) is 11.4. The molecule has 0 aliphatic rings. The summed E-state index contributed by atoms with van der Waals surface area (Å²) in [5.74, 6) is -0.401. The van der Waals surface area contributed by atoms with Crippen LogP contribution in [0.25, 0.3) is 0 Å². The Bertz CT molecular complexity index is 783. The van der Waals surface area contributed by atoms with Crippen LogP contribution in [0.5, 0.6) is 0 Å². The number of carbonyl (C=O) groups excluding carboxylic acids is 1. The van der Waals surface area contributed by atoms with Crippen LogP contribution in [0.15, 0.2) is 34.8 Å². The number of hydrogen-bond donors (Lipinski definition) is 1. The summed E-state index contributed by atoms with van der Waals surface area (Å²) >= 11 is 9.26. The van der Waals surface area contributed by atoms with E-state index in [0.717, 1.165) is 34.1 Å². The van der Waals surface area contributed by atoms with Gasteiger partial charge in [-0.1, -0.05) is 41.4 Å². The Hall–Kier alpha value is -1.92. The molecule has 0 saturated heterocycles. The molecule has 24 heavy (non-hydrogen) atoms. The number of nitrogens with one attached hydrogen (secondary N) is 1. The van der Waals surface area contributed by atoms with E-state index in [-0.39, 0.29) is 16.3 Å². The summed E-state index contributed by atoms with van der Waals surface area (Å²) in [6.07, 6.45) is 1.51. The first-order valence-corrected chi connectivity index (χ1v) is 8.61. The summed E-state index contributed by atoms with van der Waals surface area (Å²) in [4.78, 5) is 22.9. The fraction of sp³-hybridized carbons (Fsp3) is 0.235. The number of amides is 1. The Labute approximate surface area is 153 Å². The molecule has 0 aliphatic carbocycles. The molecule has 126 valence electrons. The van der Waals surface area contributed by atoms with Gasteiger partial charge in [0, 0.05) is 21.8 Å². The lowest BCUT2D eigenvalue weighted by atomic mass is 10.0. The highest BCUT2D eigenvalue weighted by atomic mass is 79.9. The van der Waals surface area contributed by atoms with Gasteiger partial charge in [-0.3, -0.25) is 14.9 Å². The van der Waals surface area contributed by atoms with Crippen LogP contribution in [0.3, 0.4) is 0 Å². The van der Waals surface area contributed by atoms with E-state index in [0.29, 0.717) is 0 Å². The number of carbonyl (C=O) groups is 1. The zero-order valence-corrected chi connectivity index (χ0v) is 15.6. The van der Waals surface area contributed by atoms with Crippen molar-refractivity contribution in [2.75, 3.05) is 5.32 Å². The molecule has 0 heterocycles. The molecule has 0 radical (unpaired) electrons. The average molecular weight is 412 g/mol. The zero-order valence-electron chi connectivity index (χ0n) is 13.2. The average Bonchev–Trinajstić information content (AvgIpc) is 2.55. The van der Waals surface area contributed by atoms with Crippen molar-refractivity contribution in [3.8, 4) is 0 Å². The lowest BCUT2D eigenvalue weighted by molar-refractivity contribution is -0.384. The van der Waals surface area contributed by atoms with E-state index in [1.165, 1.54) is 18.2 Å². The summed E-state index contributed by atoms with van der Waals surface area (Å²) in [6, 6.07) is 7.93. The Morgan fingerprint density at radius 3 is 2.29 bits per heavy atom. The monoisotopic (exact) mass is 410 g/mol. The van der Waals surface area contributed by atoms with Gasteiger partial charge in [-0.05, 0) is 48.2 Å². The van der Waals surface area contributed by atoms with Crippen molar-refractivity contribution in [1.29, 1.82) is 0 Å². The normalized spacial score (nSPS) is 10.5. The van der Waals surface area contributed by atoms with E-state index in [1.807, 2.05) is 26.0 Å². The van der Waals surface area contributed by atoms with Gasteiger partial charge in [-0.15, -0.1) is 0 Å². The number of hydrogen-bond acceptors (Lipinski definition) is 3. The number of anilines is 1. The second-order valence-corrected chi connectivity index (χ2v) is 6.51. The second kappa shape index (κ2) is 7.77. The number of rotatable bonds is 5. The summed E-state index contributed by atoms with van der Waals surface area (Å²) < 4.78 is 0.955. The van der Waals surface area contributed by atoms with Gasteiger partial charge < -0.3 is 5.32 Å². The smallest absolute Gasteiger partial charge is 0.288 e. The van der Waals surface area contributed by atoms with Crippen LogP contribution in [0.1, 0.15) is 35.3 Å². The predicted octanol–water partition coefficient (Wildman–Crippen LogP) is 5.39. The van der Waals surface area contributed by atoms with E-state index < -0.39 is 10.8 Å². The van der Waals surface area contributed by atoms with Gasteiger partial charge in [0.15, 0.2) is 0 Å². The molecule has 1 N–H and O–H groups in total. The van der Waals surface area contributed by atoms with Gasteiger partial charge in [-0.2, -0.15) is 0 Å². The highest BCUT2D eigenvalue weighted by Crippen LogP contribution is 2.29. The van der Waals surface area contributed by atoms with Crippen molar-refractivity contribution in [2.45, 2.75) is 26.7 Å². The van der Waals surface area contributed by atoms with Gasteiger partial charge in [0.1, 0.15) is 5.02 Å². The fourth-order valence-electron chi connectivity index (χ4n) is 2.42. The Morgan fingerprint density at radius 2 is 1.79 bits per heavy atom. The molecule has 0 fully saturated rings. The molecule has 0 atom stereocenters. The molecule has 0 bridgehead atoms.